The number of allylic oxidation sites excluding steroid dienone is 1. The van der Waals surface area contributed by atoms with Gasteiger partial charge in [-0.25, -0.2) is 4.98 Å². The van der Waals surface area contributed by atoms with Crippen LogP contribution in [0, 0.1) is 0 Å². The van der Waals surface area contributed by atoms with Gasteiger partial charge in [0.25, 0.3) is 0 Å². The van der Waals surface area contributed by atoms with E-state index in [-0.39, 0.29) is 30.0 Å². The number of para-hydroxylation sites is 1. The van der Waals surface area contributed by atoms with Crippen LogP contribution in [0.1, 0.15) is 24.1 Å². The minimum atomic E-state index is -0.118. The molecule has 4 aliphatic rings. The van der Waals surface area contributed by atoms with Gasteiger partial charge < -0.3 is 25.8 Å². The smallest absolute Gasteiger partial charge is 0.227 e. The molecule has 0 radical (unpaired) electrons. The lowest BCUT2D eigenvalue weighted by Crippen LogP contribution is -2.29. The SMILES string of the molecule is CC(N)c1cc2cccc(Cl)c2nc1NCc1cccnc1.Cl.O=C1C=C(N2CC2)C(=O)C(N2CC2)=C1N1CC1. The van der Waals surface area contributed by atoms with Gasteiger partial charge in [0.15, 0.2) is 0 Å². The first-order valence-electron chi connectivity index (χ1n) is 13.2. The molecule has 9 nitrogen and oxygen atoms in total. The Bertz CT molecular complexity index is 1510. The monoisotopic (exact) mass is 579 g/mol. The van der Waals surface area contributed by atoms with Gasteiger partial charge in [0, 0.05) is 81.3 Å². The molecule has 7 rings (SSSR count). The molecule has 1 atom stereocenters. The Morgan fingerprint density at radius 2 is 1.70 bits per heavy atom. The van der Waals surface area contributed by atoms with E-state index in [2.05, 4.69) is 15.3 Å². The fourth-order valence-electron chi connectivity index (χ4n) is 4.63. The number of aromatic nitrogens is 2. The van der Waals surface area contributed by atoms with E-state index in [1.807, 2.05) is 64.2 Å². The lowest BCUT2D eigenvalue weighted by Gasteiger charge is -2.21. The maximum atomic E-state index is 12.4. The fourth-order valence-corrected chi connectivity index (χ4v) is 4.86. The van der Waals surface area contributed by atoms with Gasteiger partial charge in [-0.15, -0.1) is 12.4 Å². The van der Waals surface area contributed by atoms with Crippen molar-refractivity contribution in [1.82, 2.24) is 24.7 Å². The highest BCUT2D eigenvalue weighted by molar-refractivity contribution is 6.35. The average molecular weight is 581 g/mol. The quantitative estimate of drug-likeness (QED) is 0.321. The second-order valence-corrected chi connectivity index (χ2v) is 10.5. The summed E-state index contributed by atoms with van der Waals surface area (Å²) in [6.07, 6.45) is 5.10. The summed E-state index contributed by atoms with van der Waals surface area (Å²) in [5, 5.41) is 4.97. The van der Waals surface area contributed by atoms with E-state index < -0.39 is 0 Å². The van der Waals surface area contributed by atoms with E-state index in [9.17, 15) is 9.59 Å². The third-order valence-corrected chi connectivity index (χ3v) is 7.29. The van der Waals surface area contributed by atoms with Gasteiger partial charge in [0.05, 0.1) is 16.2 Å². The number of halogens is 2. The molecule has 3 fully saturated rings. The molecule has 5 heterocycles. The Hall–Kier alpha value is -3.66. The van der Waals surface area contributed by atoms with E-state index in [1.54, 1.807) is 6.20 Å². The minimum absolute atomic E-state index is 0. The summed E-state index contributed by atoms with van der Waals surface area (Å²) < 4.78 is 0. The van der Waals surface area contributed by atoms with Crippen molar-refractivity contribution in [2.24, 2.45) is 5.73 Å². The molecule has 40 heavy (non-hydrogen) atoms. The van der Waals surface area contributed by atoms with Crippen LogP contribution in [0.4, 0.5) is 5.82 Å². The average Bonchev–Trinajstić information content (AvgIpc) is 3.75. The number of hydrogen-bond donors (Lipinski definition) is 2. The number of nitrogens with two attached hydrogens (primary N) is 1. The van der Waals surface area contributed by atoms with Crippen LogP contribution in [-0.2, 0) is 16.1 Å². The molecule has 1 unspecified atom stereocenters. The van der Waals surface area contributed by atoms with Crippen LogP contribution in [0.15, 0.2) is 72.0 Å². The first-order chi connectivity index (χ1) is 18.9. The Kier molecular flexibility index (Phi) is 7.98. The second-order valence-electron chi connectivity index (χ2n) is 10.1. The Morgan fingerprint density at radius 3 is 2.33 bits per heavy atom. The third-order valence-electron chi connectivity index (χ3n) is 6.99. The Morgan fingerprint density at radius 1 is 1.00 bits per heavy atom. The normalized spacial score (nSPS) is 18.1. The fraction of sp³-hybridized carbons (Fsp3) is 0.310. The largest absolute Gasteiger partial charge is 0.366 e. The van der Waals surface area contributed by atoms with E-state index in [0.29, 0.717) is 28.7 Å². The predicted octanol–water partition coefficient (Wildman–Crippen LogP) is 3.52. The van der Waals surface area contributed by atoms with Crippen LogP contribution >= 0.6 is 24.0 Å². The molecule has 0 spiro atoms. The van der Waals surface area contributed by atoms with Crippen molar-refractivity contribution < 1.29 is 9.59 Å². The number of Topliss-reactive ketones (excluding diaryl/α,β-unsaturated/α-hetero) is 1. The first kappa shape index (κ1) is 27.9. The summed E-state index contributed by atoms with van der Waals surface area (Å²) in [5.74, 6) is 0.812. The predicted molar refractivity (Wildman–Crippen MR) is 158 cm³/mol. The summed E-state index contributed by atoms with van der Waals surface area (Å²) >= 11 is 6.25. The number of rotatable bonds is 7. The molecule has 3 aliphatic heterocycles. The summed E-state index contributed by atoms with van der Waals surface area (Å²) in [4.78, 5) is 39.2. The van der Waals surface area contributed by atoms with Crippen molar-refractivity contribution in [2.75, 3.05) is 44.6 Å². The first-order valence-corrected chi connectivity index (χ1v) is 13.6. The van der Waals surface area contributed by atoms with Gasteiger partial charge in [0.1, 0.15) is 17.2 Å². The van der Waals surface area contributed by atoms with Gasteiger partial charge in [-0.1, -0.05) is 29.8 Å². The molecule has 1 aromatic carbocycles. The number of pyridine rings is 2. The van der Waals surface area contributed by atoms with E-state index >= 15 is 0 Å². The van der Waals surface area contributed by atoms with Gasteiger partial charge in [0.2, 0.25) is 11.6 Å². The number of benzene rings is 1. The number of hydrogen-bond acceptors (Lipinski definition) is 9. The molecular weight excluding hydrogens is 549 g/mol. The van der Waals surface area contributed by atoms with Crippen LogP contribution in [0.25, 0.3) is 10.9 Å². The highest BCUT2D eigenvalue weighted by Crippen LogP contribution is 2.34. The van der Waals surface area contributed by atoms with E-state index in [4.69, 9.17) is 17.3 Å². The van der Waals surface area contributed by atoms with Crippen molar-refractivity contribution in [3.05, 3.63) is 88.1 Å². The van der Waals surface area contributed by atoms with Crippen molar-refractivity contribution in [3.8, 4) is 0 Å². The number of carbonyl (C=O) groups excluding carboxylic acids is 2. The lowest BCUT2D eigenvalue weighted by atomic mass is 10.0. The highest BCUT2D eigenvalue weighted by Gasteiger charge is 2.43. The zero-order valence-electron chi connectivity index (χ0n) is 22.1. The van der Waals surface area contributed by atoms with Crippen LogP contribution in [0.5, 0.6) is 0 Å². The van der Waals surface area contributed by atoms with Crippen molar-refractivity contribution in [1.29, 1.82) is 0 Å². The Balaban J connectivity index is 0.000000162. The van der Waals surface area contributed by atoms with Gasteiger partial charge in [-0.05, 0) is 30.7 Å². The van der Waals surface area contributed by atoms with Crippen LogP contribution in [0.2, 0.25) is 5.02 Å². The number of nitrogens with zero attached hydrogens (tertiary/aromatic N) is 5. The molecule has 0 amide bonds. The second kappa shape index (κ2) is 11.4. The zero-order chi connectivity index (χ0) is 27.1. The van der Waals surface area contributed by atoms with Gasteiger partial charge in [-0.2, -0.15) is 0 Å². The van der Waals surface area contributed by atoms with Crippen molar-refractivity contribution in [3.63, 3.8) is 0 Å². The zero-order valence-corrected chi connectivity index (χ0v) is 23.7. The molecule has 2 aromatic heterocycles. The van der Waals surface area contributed by atoms with Gasteiger partial charge >= 0.3 is 0 Å². The molecule has 0 saturated carbocycles. The van der Waals surface area contributed by atoms with Gasteiger partial charge in [-0.3, -0.25) is 14.6 Å². The maximum Gasteiger partial charge on any atom is 0.227 e. The Labute approximate surface area is 244 Å². The molecule has 3 aromatic rings. The maximum absolute atomic E-state index is 12.4. The summed E-state index contributed by atoms with van der Waals surface area (Å²) in [6.45, 7) is 7.99. The highest BCUT2D eigenvalue weighted by atomic mass is 35.5. The number of carbonyl (C=O) groups is 2. The lowest BCUT2D eigenvalue weighted by molar-refractivity contribution is -0.117. The molecule has 3 N–H and O–H groups in total. The van der Waals surface area contributed by atoms with Crippen LogP contribution in [0.3, 0.4) is 0 Å². The van der Waals surface area contributed by atoms with E-state index in [0.717, 1.165) is 67.1 Å². The summed E-state index contributed by atoms with van der Waals surface area (Å²) in [5.41, 5.74) is 10.8. The van der Waals surface area contributed by atoms with Crippen molar-refractivity contribution >= 4 is 52.3 Å². The summed E-state index contributed by atoms with van der Waals surface area (Å²) in [6, 6.07) is 11.6. The van der Waals surface area contributed by atoms with Crippen molar-refractivity contribution in [2.45, 2.75) is 19.5 Å². The molecular formula is C29H31Cl2N7O2. The third kappa shape index (κ3) is 5.91. The summed E-state index contributed by atoms with van der Waals surface area (Å²) in [7, 11) is 0. The van der Waals surface area contributed by atoms with Crippen LogP contribution in [-0.4, -0.2) is 75.5 Å². The molecule has 1 aliphatic carbocycles. The molecule has 208 valence electrons. The molecule has 11 heteroatoms. The minimum Gasteiger partial charge on any atom is -0.366 e. The number of anilines is 1. The number of fused-ring (bicyclic) bond motifs is 1. The molecule has 0 bridgehead atoms. The number of nitrogens with one attached hydrogen (secondary N) is 1. The van der Waals surface area contributed by atoms with Crippen LogP contribution < -0.4 is 11.1 Å². The standard InChI is InChI=1S/C17H17ClN4.C12H13N3O2.ClH/c1-11(19)14-8-13-5-2-6-15(18)16(13)22-17(14)21-10-12-4-3-7-20-9-12;16-9-7-8(13-1-2-13)12(17)11(15-5-6-15)10(9)14-3-4-14;/h2-9,11H,10,19H2,1H3,(H,21,22);7H,1-6H2;1H. The topological polar surface area (TPSA) is 107 Å². The van der Waals surface area contributed by atoms with E-state index in [1.165, 1.54) is 6.08 Å². The molecule has 3 saturated heterocycles. The number of ketones is 2.